The summed E-state index contributed by atoms with van der Waals surface area (Å²) >= 11 is 0. The van der Waals surface area contributed by atoms with E-state index in [4.69, 9.17) is 4.74 Å². The van der Waals surface area contributed by atoms with E-state index in [1.165, 1.54) is 0 Å². The Kier molecular flexibility index (Phi) is 4.55. The third-order valence-corrected chi connectivity index (χ3v) is 9.65. The maximum atomic E-state index is 12.2. The Morgan fingerprint density at radius 1 is 1.21 bits per heavy atom. The summed E-state index contributed by atoms with van der Waals surface area (Å²) in [6.07, 6.45) is 4.24. The van der Waals surface area contributed by atoms with Gasteiger partial charge >= 0.3 is 5.97 Å². The van der Waals surface area contributed by atoms with E-state index in [0.717, 1.165) is 6.42 Å². The summed E-state index contributed by atoms with van der Waals surface area (Å²) in [7, 11) is -4.26. The van der Waals surface area contributed by atoms with Crippen molar-refractivity contribution < 1.29 is 32.7 Å². The number of esters is 1. The van der Waals surface area contributed by atoms with Gasteiger partial charge in [0.15, 0.2) is 0 Å². The van der Waals surface area contributed by atoms with Gasteiger partial charge in [-0.25, -0.2) is 4.79 Å². The lowest BCUT2D eigenvalue weighted by atomic mass is 9.39. The molecule has 3 N–H and O–H groups in total. The highest BCUT2D eigenvalue weighted by Crippen LogP contribution is 2.69. The molecular weight excluding hydrogens is 384 g/mol. The fraction of sp³-hybridized carbons (Fsp3) is 0.850. The van der Waals surface area contributed by atoms with Gasteiger partial charge in [0, 0.05) is 22.3 Å². The second-order valence-corrected chi connectivity index (χ2v) is 11.3. The lowest BCUT2D eigenvalue weighted by molar-refractivity contribution is -0.196. The number of allylic oxidation sites excluding steroid dienone is 1. The smallest absolute Gasteiger partial charge is 0.334 e. The standard InChI is InChI=1S/C20H30O7S/c1-18-7-6-16(22)19(2,10-21)14(18)5-8-20(11-28(24,25)26)13-9-27-17(23)12(13)3-4-15(18)20/h3,13-16,21-22H,4-11H2,1-2H3,(H,24,25,26). The van der Waals surface area contributed by atoms with Crippen molar-refractivity contribution in [3.63, 3.8) is 0 Å². The Morgan fingerprint density at radius 2 is 1.93 bits per heavy atom. The predicted molar refractivity (Wildman–Crippen MR) is 101 cm³/mol. The number of aliphatic hydroxyl groups excluding tert-OH is 2. The first-order valence-corrected chi connectivity index (χ1v) is 11.7. The number of carbonyl (C=O) groups is 1. The van der Waals surface area contributed by atoms with Gasteiger partial charge in [0.25, 0.3) is 10.1 Å². The van der Waals surface area contributed by atoms with E-state index in [1.807, 2.05) is 13.0 Å². The molecule has 1 aliphatic heterocycles. The largest absolute Gasteiger partial charge is 0.462 e. The normalized spacial score (nSPS) is 48.2. The summed E-state index contributed by atoms with van der Waals surface area (Å²) in [5, 5.41) is 20.8. The van der Waals surface area contributed by atoms with Crippen molar-refractivity contribution in [2.75, 3.05) is 19.0 Å². The molecule has 1 heterocycles. The van der Waals surface area contributed by atoms with Gasteiger partial charge in [-0.15, -0.1) is 0 Å². The second-order valence-electron chi connectivity index (χ2n) is 9.87. The zero-order valence-electron chi connectivity index (χ0n) is 16.4. The molecule has 0 amide bonds. The van der Waals surface area contributed by atoms with Crippen molar-refractivity contribution in [3.05, 3.63) is 11.6 Å². The van der Waals surface area contributed by atoms with E-state index in [-0.39, 0.29) is 48.1 Å². The number of fused-ring (bicyclic) bond motifs is 5. The van der Waals surface area contributed by atoms with Crippen LogP contribution in [0.25, 0.3) is 0 Å². The van der Waals surface area contributed by atoms with Gasteiger partial charge in [0.1, 0.15) is 0 Å². The summed E-state index contributed by atoms with van der Waals surface area (Å²) in [4.78, 5) is 12.2. The molecule has 0 aromatic heterocycles. The Labute approximate surface area is 165 Å². The quantitative estimate of drug-likeness (QED) is 0.473. The molecule has 0 spiro atoms. The maximum Gasteiger partial charge on any atom is 0.334 e. The average Bonchev–Trinajstić information content (AvgIpc) is 2.99. The van der Waals surface area contributed by atoms with Crippen LogP contribution in [0, 0.1) is 34.0 Å². The van der Waals surface area contributed by atoms with Gasteiger partial charge in [0.05, 0.1) is 25.1 Å². The number of hydrogen-bond donors (Lipinski definition) is 3. The van der Waals surface area contributed by atoms with Gasteiger partial charge in [0.2, 0.25) is 0 Å². The topological polar surface area (TPSA) is 121 Å². The lowest BCUT2D eigenvalue weighted by Crippen LogP contribution is -2.64. The summed E-state index contributed by atoms with van der Waals surface area (Å²) < 4.78 is 39.2. The molecule has 0 bridgehead atoms. The maximum absolute atomic E-state index is 12.2. The Balaban J connectivity index is 1.84. The van der Waals surface area contributed by atoms with Crippen LogP contribution in [0.1, 0.15) is 46.0 Å². The van der Waals surface area contributed by atoms with Crippen LogP contribution in [0.5, 0.6) is 0 Å². The van der Waals surface area contributed by atoms with Crippen molar-refractivity contribution in [1.29, 1.82) is 0 Å². The SMILES string of the molecule is CC1(CO)C(O)CCC2(C)C1CCC1(CS(=O)(=O)O)C3COC(=O)C3=CCC21. The zero-order chi connectivity index (χ0) is 20.5. The van der Waals surface area contributed by atoms with E-state index in [2.05, 4.69) is 6.92 Å². The molecule has 4 rings (SSSR count). The average molecular weight is 415 g/mol. The van der Waals surface area contributed by atoms with Crippen LogP contribution in [0.15, 0.2) is 11.6 Å². The van der Waals surface area contributed by atoms with Crippen LogP contribution >= 0.6 is 0 Å². The van der Waals surface area contributed by atoms with Gasteiger partial charge in [-0.05, 0) is 49.4 Å². The van der Waals surface area contributed by atoms with Crippen molar-refractivity contribution >= 4 is 16.1 Å². The Bertz CT molecular complexity index is 820. The number of rotatable bonds is 3. The van der Waals surface area contributed by atoms with Crippen LogP contribution in [0.4, 0.5) is 0 Å². The number of carbonyl (C=O) groups excluding carboxylic acids is 1. The van der Waals surface area contributed by atoms with Gasteiger partial charge in [-0.1, -0.05) is 19.9 Å². The zero-order valence-corrected chi connectivity index (χ0v) is 17.2. The van der Waals surface area contributed by atoms with Gasteiger partial charge in [-0.3, -0.25) is 4.55 Å². The molecule has 4 aliphatic rings. The molecule has 0 aromatic rings. The molecule has 1 saturated heterocycles. The molecular formula is C20H30O7S. The molecule has 0 aromatic carbocycles. The van der Waals surface area contributed by atoms with E-state index in [0.29, 0.717) is 31.3 Å². The van der Waals surface area contributed by atoms with E-state index < -0.39 is 27.1 Å². The van der Waals surface area contributed by atoms with Crippen LogP contribution < -0.4 is 0 Å². The van der Waals surface area contributed by atoms with Gasteiger partial charge < -0.3 is 14.9 Å². The van der Waals surface area contributed by atoms with Crippen LogP contribution in [0.3, 0.4) is 0 Å². The van der Waals surface area contributed by atoms with Crippen molar-refractivity contribution in [2.45, 2.75) is 52.1 Å². The third kappa shape index (κ3) is 2.64. The Morgan fingerprint density at radius 3 is 2.57 bits per heavy atom. The highest BCUT2D eigenvalue weighted by Gasteiger charge is 2.67. The first-order valence-electron chi connectivity index (χ1n) is 10.1. The summed E-state index contributed by atoms with van der Waals surface area (Å²) in [5.41, 5.74) is -1.19. The van der Waals surface area contributed by atoms with Crippen molar-refractivity contribution in [1.82, 2.24) is 0 Å². The molecule has 158 valence electrons. The lowest BCUT2D eigenvalue weighted by Gasteiger charge is -2.66. The third-order valence-electron chi connectivity index (χ3n) is 8.75. The molecule has 7 unspecified atom stereocenters. The Hall–Kier alpha value is -0.960. The van der Waals surface area contributed by atoms with Crippen LogP contribution in [-0.2, 0) is 19.6 Å². The van der Waals surface area contributed by atoms with E-state index >= 15 is 0 Å². The second kappa shape index (κ2) is 6.27. The predicted octanol–water partition coefficient (Wildman–Crippen LogP) is 1.55. The minimum Gasteiger partial charge on any atom is -0.462 e. The molecule has 3 fully saturated rings. The fourth-order valence-corrected chi connectivity index (χ4v) is 8.65. The van der Waals surface area contributed by atoms with Crippen molar-refractivity contribution in [3.8, 4) is 0 Å². The molecule has 7 atom stereocenters. The highest BCUT2D eigenvalue weighted by atomic mass is 32.2. The summed E-state index contributed by atoms with van der Waals surface area (Å²) in [6, 6.07) is 0. The molecule has 8 heteroatoms. The monoisotopic (exact) mass is 414 g/mol. The number of cyclic esters (lactones) is 1. The first kappa shape index (κ1) is 20.3. The van der Waals surface area contributed by atoms with E-state index in [9.17, 15) is 28.0 Å². The molecule has 2 saturated carbocycles. The first-order chi connectivity index (χ1) is 13.0. The van der Waals surface area contributed by atoms with Crippen LogP contribution in [-0.4, -0.2) is 54.2 Å². The van der Waals surface area contributed by atoms with Crippen molar-refractivity contribution in [2.24, 2.45) is 34.0 Å². The molecule has 28 heavy (non-hydrogen) atoms. The minimum atomic E-state index is -4.26. The number of aliphatic hydroxyl groups is 2. The summed E-state index contributed by atoms with van der Waals surface area (Å²) in [6.45, 7) is 4.08. The van der Waals surface area contributed by atoms with Gasteiger partial charge in [-0.2, -0.15) is 8.42 Å². The highest BCUT2D eigenvalue weighted by molar-refractivity contribution is 7.85. The summed E-state index contributed by atoms with van der Waals surface area (Å²) in [5.74, 6) is -1.16. The molecule has 7 nitrogen and oxygen atoms in total. The van der Waals surface area contributed by atoms with E-state index in [1.54, 1.807) is 0 Å². The minimum absolute atomic E-state index is 0.0289. The van der Waals surface area contributed by atoms with Crippen LogP contribution in [0.2, 0.25) is 0 Å². The molecule has 3 aliphatic carbocycles. The number of ether oxygens (including phenoxy) is 1. The number of hydrogen-bond acceptors (Lipinski definition) is 6. The fourth-order valence-electron chi connectivity index (χ4n) is 7.43. The molecule has 0 radical (unpaired) electrons.